The Kier molecular flexibility index (Phi) is 2.75. The van der Waals surface area contributed by atoms with E-state index in [1.165, 1.54) is 0 Å². The van der Waals surface area contributed by atoms with E-state index in [9.17, 15) is 5.11 Å². The van der Waals surface area contributed by atoms with Crippen LogP contribution in [0.15, 0.2) is 18.2 Å². The number of hydrogen-bond acceptors (Lipinski definition) is 3. The molecular weight excluding hydrogens is 215 g/mol. The Labute approximate surface area is 103 Å². The van der Waals surface area contributed by atoms with Gasteiger partial charge in [-0.1, -0.05) is 18.2 Å². The first-order valence-corrected chi connectivity index (χ1v) is 5.89. The van der Waals surface area contributed by atoms with Crippen LogP contribution in [0.1, 0.15) is 33.3 Å². The molecule has 1 aliphatic rings. The monoisotopic (exact) mass is 234 g/mol. The smallest absolute Gasteiger partial charge is 0.498 e. The Hall–Kier alpha value is -0.995. The fraction of sp³-hybridized carbons (Fsp3) is 0.538. The summed E-state index contributed by atoms with van der Waals surface area (Å²) in [5, 5.41) is 10.0. The van der Waals surface area contributed by atoms with Crippen molar-refractivity contribution in [3.63, 3.8) is 0 Å². The van der Waals surface area contributed by atoms with E-state index in [4.69, 9.17) is 9.31 Å². The number of benzene rings is 1. The Balaban J connectivity index is 2.36. The van der Waals surface area contributed by atoms with Crippen LogP contribution < -0.4 is 5.46 Å². The third-order valence-corrected chi connectivity index (χ3v) is 3.78. The number of phenolic OH excluding ortho intramolecular Hbond substituents is 1. The normalized spacial score (nSPS) is 21.8. The first kappa shape index (κ1) is 12.5. The highest BCUT2D eigenvalue weighted by Gasteiger charge is 2.52. The van der Waals surface area contributed by atoms with Crippen molar-refractivity contribution in [2.24, 2.45) is 0 Å². The van der Waals surface area contributed by atoms with Gasteiger partial charge in [0.1, 0.15) is 5.75 Å². The summed E-state index contributed by atoms with van der Waals surface area (Å²) < 4.78 is 11.8. The lowest BCUT2D eigenvalue weighted by Crippen LogP contribution is -2.41. The molecule has 0 bridgehead atoms. The van der Waals surface area contributed by atoms with Gasteiger partial charge in [0, 0.05) is 5.46 Å². The SMILES string of the molecule is Cc1cccc(B2OC(C)(C)C(C)(C)O2)c1O. The Morgan fingerprint density at radius 1 is 1.06 bits per heavy atom. The van der Waals surface area contributed by atoms with Crippen molar-refractivity contribution >= 4 is 12.6 Å². The zero-order chi connectivity index (χ0) is 12.8. The molecule has 0 unspecified atom stereocenters. The van der Waals surface area contributed by atoms with Gasteiger partial charge in [0.2, 0.25) is 0 Å². The number of hydrogen-bond donors (Lipinski definition) is 1. The van der Waals surface area contributed by atoms with E-state index >= 15 is 0 Å². The van der Waals surface area contributed by atoms with Crippen LogP contribution in [0.25, 0.3) is 0 Å². The average molecular weight is 234 g/mol. The lowest BCUT2D eigenvalue weighted by Gasteiger charge is -2.32. The molecule has 1 heterocycles. The molecule has 0 radical (unpaired) electrons. The molecular formula is C13H19BO3. The van der Waals surface area contributed by atoms with Crippen molar-refractivity contribution in [1.29, 1.82) is 0 Å². The van der Waals surface area contributed by atoms with E-state index in [1.807, 2.05) is 52.8 Å². The van der Waals surface area contributed by atoms with Crippen LogP contribution in [0, 0.1) is 6.92 Å². The Bertz CT molecular complexity index is 424. The summed E-state index contributed by atoms with van der Waals surface area (Å²) in [6.45, 7) is 9.86. The molecule has 1 N–H and O–H groups in total. The van der Waals surface area contributed by atoms with Crippen molar-refractivity contribution in [2.45, 2.75) is 45.8 Å². The maximum absolute atomic E-state index is 10.0. The Morgan fingerprint density at radius 2 is 1.59 bits per heavy atom. The van der Waals surface area contributed by atoms with E-state index in [1.54, 1.807) is 0 Å². The summed E-state index contributed by atoms with van der Waals surface area (Å²) in [7, 11) is -0.500. The van der Waals surface area contributed by atoms with Crippen LogP contribution in [0.2, 0.25) is 0 Å². The summed E-state index contributed by atoms with van der Waals surface area (Å²) >= 11 is 0. The number of aromatic hydroxyl groups is 1. The molecule has 0 aromatic heterocycles. The molecule has 1 fully saturated rings. The molecule has 0 saturated carbocycles. The summed E-state index contributed by atoms with van der Waals surface area (Å²) in [5.41, 5.74) is 0.766. The van der Waals surface area contributed by atoms with E-state index in [0.29, 0.717) is 5.46 Å². The number of para-hydroxylation sites is 1. The average Bonchev–Trinajstić information content (AvgIpc) is 2.40. The second-order valence-electron chi connectivity index (χ2n) is 5.60. The Morgan fingerprint density at radius 3 is 2.12 bits per heavy atom. The standard InChI is InChI=1S/C13H19BO3/c1-9-7-6-8-10(11(9)15)14-16-12(2,3)13(4,5)17-14/h6-8,15H,1-5H3. The molecule has 1 aromatic rings. The zero-order valence-corrected chi connectivity index (χ0v) is 11.1. The molecule has 0 atom stereocenters. The fourth-order valence-electron chi connectivity index (χ4n) is 1.84. The van der Waals surface area contributed by atoms with E-state index < -0.39 is 7.12 Å². The highest BCUT2D eigenvalue weighted by atomic mass is 16.7. The van der Waals surface area contributed by atoms with Crippen LogP contribution in [-0.4, -0.2) is 23.4 Å². The van der Waals surface area contributed by atoms with Crippen LogP contribution in [0.5, 0.6) is 5.75 Å². The lowest BCUT2D eigenvalue weighted by atomic mass is 9.77. The second-order valence-corrected chi connectivity index (χ2v) is 5.60. The molecule has 0 aliphatic carbocycles. The second kappa shape index (κ2) is 3.75. The first-order chi connectivity index (χ1) is 7.74. The van der Waals surface area contributed by atoms with Gasteiger partial charge in [-0.2, -0.15) is 0 Å². The minimum absolute atomic E-state index is 0.256. The molecule has 17 heavy (non-hydrogen) atoms. The fourth-order valence-corrected chi connectivity index (χ4v) is 1.84. The van der Waals surface area contributed by atoms with Crippen LogP contribution in [0.3, 0.4) is 0 Å². The molecule has 3 nitrogen and oxygen atoms in total. The quantitative estimate of drug-likeness (QED) is 0.755. The zero-order valence-electron chi connectivity index (χ0n) is 11.1. The molecule has 92 valence electrons. The molecule has 1 saturated heterocycles. The third kappa shape index (κ3) is 1.96. The van der Waals surface area contributed by atoms with E-state index in [0.717, 1.165) is 5.56 Å². The highest BCUT2D eigenvalue weighted by Crippen LogP contribution is 2.37. The molecule has 1 aliphatic heterocycles. The molecule has 2 rings (SSSR count). The molecule has 0 amide bonds. The summed E-state index contributed by atoms with van der Waals surface area (Å²) in [4.78, 5) is 0. The van der Waals surface area contributed by atoms with Gasteiger partial charge in [0.25, 0.3) is 0 Å². The van der Waals surface area contributed by atoms with Crippen molar-refractivity contribution in [3.8, 4) is 5.75 Å². The van der Waals surface area contributed by atoms with Gasteiger partial charge >= 0.3 is 7.12 Å². The maximum Gasteiger partial charge on any atom is 0.498 e. The van der Waals surface area contributed by atoms with Gasteiger partial charge in [-0.3, -0.25) is 0 Å². The van der Waals surface area contributed by atoms with Crippen molar-refractivity contribution in [2.75, 3.05) is 0 Å². The van der Waals surface area contributed by atoms with Gasteiger partial charge in [-0.05, 0) is 40.2 Å². The topological polar surface area (TPSA) is 38.7 Å². The number of aryl methyl sites for hydroxylation is 1. The minimum Gasteiger partial charge on any atom is -0.508 e. The van der Waals surface area contributed by atoms with Crippen molar-refractivity contribution < 1.29 is 14.4 Å². The maximum atomic E-state index is 10.0. The number of rotatable bonds is 1. The van der Waals surface area contributed by atoms with Crippen LogP contribution in [-0.2, 0) is 9.31 Å². The van der Waals surface area contributed by atoms with Gasteiger partial charge in [-0.15, -0.1) is 0 Å². The van der Waals surface area contributed by atoms with Crippen LogP contribution in [0.4, 0.5) is 0 Å². The summed E-state index contributed by atoms with van der Waals surface area (Å²) in [5.74, 6) is 0.256. The molecule has 0 spiro atoms. The van der Waals surface area contributed by atoms with E-state index in [-0.39, 0.29) is 17.0 Å². The summed E-state index contributed by atoms with van der Waals surface area (Å²) in [6.07, 6.45) is 0. The van der Waals surface area contributed by atoms with Gasteiger partial charge < -0.3 is 14.4 Å². The third-order valence-electron chi connectivity index (χ3n) is 3.78. The predicted octanol–water partition coefficient (Wildman–Crippen LogP) is 2.00. The predicted molar refractivity (Wildman–Crippen MR) is 68.6 cm³/mol. The molecule has 4 heteroatoms. The van der Waals surface area contributed by atoms with E-state index in [2.05, 4.69) is 0 Å². The summed E-state index contributed by atoms with van der Waals surface area (Å²) in [6, 6.07) is 5.60. The number of phenols is 1. The molecule has 1 aromatic carbocycles. The van der Waals surface area contributed by atoms with Gasteiger partial charge in [0.05, 0.1) is 11.2 Å². The van der Waals surface area contributed by atoms with Crippen LogP contribution >= 0.6 is 0 Å². The largest absolute Gasteiger partial charge is 0.508 e. The minimum atomic E-state index is -0.500. The van der Waals surface area contributed by atoms with Gasteiger partial charge in [0.15, 0.2) is 0 Å². The van der Waals surface area contributed by atoms with Gasteiger partial charge in [-0.25, -0.2) is 0 Å². The first-order valence-electron chi connectivity index (χ1n) is 5.89. The highest BCUT2D eigenvalue weighted by molar-refractivity contribution is 6.63. The van der Waals surface area contributed by atoms with Crippen molar-refractivity contribution in [1.82, 2.24) is 0 Å². The lowest BCUT2D eigenvalue weighted by molar-refractivity contribution is 0.00578. The van der Waals surface area contributed by atoms with Crippen molar-refractivity contribution in [3.05, 3.63) is 23.8 Å².